The Kier molecular flexibility index (Phi) is 4.06. The fourth-order valence-corrected chi connectivity index (χ4v) is 2.52. The Bertz CT molecular complexity index is 460. The number of hydrogen-bond acceptors (Lipinski definition) is 4. The molecule has 0 aromatic heterocycles. The van der Waals surface area contributed by atoms with E-state index in [2.05, 4.69) is 11.4 Å². The van der Waals surface area contributed by atoms with Gasteiger partial charge in [0, 0.05) is 0 Å². The number of ether oxygens (including phenoxy) is 1. The number of methoxy groups -OCH3 is 1. The van der Waals surface area contributed by atoms with Crippen molar-refractivity contribution in [1.29, 1.82) is 5.26 Å². The normalized spacial score (nSPS) is 19.2. The minimum Gasteiger partial charge on any atom is -0.504 e. The molecule has 4 nitrogen and oxygen atoms in total. The largest absolute Gasteiger partial charge is 0.504 e. The Morgan fingerprint density at radius 2 is 2.39 bits per heavy atom. The van der Waals surface area contributed by atoms with Crippen molar-refractivity contribution in [3.63, 3.8) is 0 Å². The van der Waals surface area contributed by atoms with E-state index >= 15 is 0 Å². The third kappa shape index (κ3) is 2.74. The molecule has 1 aromatic rings. The molecule has 1 heterocycles. The van der Waals surface area contributed by atoms with E-state index in [4.69, 9.17) is 10.00 Å². The molecule has 0 amide bonds. The zero-order valence-electron chi connectivity index (χ0n) is 10.6. The molecule has 0 radical (unpaired) electrons. The van der Waals surface area contributed by atoms with Gasteiger partial charge in [0.05, 0.1) is 12.7 Å². The summed E-state index contributed by atoms with van der Waals surface area (Å²) in [5, 5.41) is 22.3. The molecule has 4 heteroatoms. The Balaban J connectivity index is 2.18. The van der Waals surface area contributed by atoms with Gasteiger partial charge in [-0.05, 0) is 56.0 Å². The molecule has 0 bridgehead atoms. The number of benzene rings is 1. The van der Waals surface area contributed by atoms with Gasteiger partial charge in [0.25, 0.3) is 0 Å². The predicted octanol–water partition coefficient (Wildman–Crippen LogP) is 1.81. The lowest BCUT2D eigenvalue weighted by molar-refractivity contribution is 0.366. The molecule has 1 aliphatic heterocycles. The summed E-state index contributed by atoms with van der Waals surface area (Å²) in [4.78, 5) is 0. The first-order valence-electron chi connectivity index (χ1n) is 6.25. The number of piperidine rings is 1. The second-order valence-electron chi connectivity index (χ2n) is 4.72. The number of phenols is 1. The van der Waals surface area contributed by atoms with E-state index < -0.39 is 0 Å². The average Bonchev–Trinajstić information content (AvgIpc) is 2.39. The lowest BCUT2D eigenvalue weighted by Crippen LogP contribution is -2.30. The Hall–Kier alpha value is -1.73. The highest BCUT2D eigenvalue weighted by Gasteiger charge is 2.16. The van der Waals surface area contributed by atoms with Gasteiger partial charge in [-0.3, -0.25) is 0 Å². The van der Waals surface area contributed by atoms with Crippen LogP contribution in [0, 0.1) is 17.2 Å². The van der Waals surface area contributed by atoms with Gasteiger partial charge in [-0.1, -0.05) is 0 Å². The van der Waals surface area contributed by atoms with Crippen molar-refractivity contribution in [2.24, 2.45) is 5.92 Å². The van der Waals surface area contributed by atoms with Crippen LogP contribution in [0.2, 0.25) is 0 Å². The van der Waals surface area contributed by atoms with Crippen LogP contribution in [0.1, 0.15) is 24.0 Å². The van der Waals surface area contributed by atoms with Crippen molar-refractivity contribution in [3.05, 3.63) is 23.3 Å². The van der Waals surface area contributed by atoms with Crippen LogP contribution in [0.5, 0.6) is 11.5 Å². The fraction of sp³-hybridized carbons (Fsp3) is 0.500. The first kappa shape index (κ1) is 12.7. The maximum Gasteiger partial charge on any atom is 0.178 e. The highest BCUT2D eigenvalue weighted by Crippen LogP contribution is 2.32. The zero-order valence-corrected chi connectivity index (χ0v) is 10.6. The molecule has 2 N–H and O–H groups in total. The Morgan fingerprint density at radius 1 is 1.56 bits per heavy atom. The molecular formula is C14H18N2O2. The number of aromatic hydroxyl groups is 1. The lowest BCUT2D eigenvalue weighted by atomic mass is 9.91. The van der Waals surface area contributed by atoms with E-state index in [-0.39, 0.29) is 11.5 Å². The SMILES string of the molecule is COc1c(O)cc(CC2CCCNC2)cc1C#N. The van der Waals surface area contributed by atoms with Crippen molar-refractivity contribution in [2.75, 3.05) is 20.2 Å². The van der Waals surface area contributed by atoms with Crippen LogP contribution in [0.15, 0.2) is 12.1 Å². The molecule has 1 fully saturated rings. The number of nitrogens with one attached hydrogen (secondary N) is 1. The van der Waals surface area contributed by atoms with E-state index in [1.54, 1.807) is 6.07 Å². The van der Waals surface area contributed by atoms with Crippen LogP contribution in [-0.4, -0.2) is 25.3 Å². The molecule has 1 aliphatic rings. The molecule has 18 heavy (non-hydrogen) atoms. The van der Waals surface area contributed by atoms with Gasteiger partial charge in [0.1, 0.15) is 6.07 Å². The highest BCUT2D eigenvalue weighted by molar-refractivity contribution is 5.54. The molecule has 1 saturated heterocycles. The van der Waals surface area contributed by atoms with Crippen LogP contribution in [0.25, 0.3) is 0 Å². The number of nitriles is 1. The second-order valence-corrected chi connectivity index (χ2v) is 4.72. The molecule has 1 aromatic carbocycles. The maximum atomic E-state index is 9.84. The van der Waals surface area contributed by atoms with Crippen LogP contribution in [0.4, 0.5) is 0 Å². The van der Waals surface area contributed by atoms with Gasteiger partial charge in [-0.25, -0.2) is 0 Å². The number of hydrogen-bond donors (Lipinski definition) is 2. The van der Waals surface area contributed by atoms with Crippen molar-refractivity contribution >= 4 is 0 Å². The monoisotopic (exact) mass is 246 g/mol. The van der Waals surface area contributed by atoms with Gasteiger partial charge in [0.15, 0.2) is 11.5 Å². The first-order valence-corrected chi connectivity index (χ1v) is 6.25. The molecule has 0 saturated carbocycles. The van der Waals surface area contributed by atoms with E-state index in [9.17, 15) is 5.11 Å². The van der Waals surface area contributed by atoms with Crippen molar-refractivity contribution in [2.45, 2.75) is 19.3 Å². The molecule has 0 aliphatic carbocycles. The molecule has 2 rings (SSSR count). The van der Waals surface area contributed by atoms with Crippen LogP contribution < -0.4 is 10.1 Å². The zero-order chi connectivity index (χ0) is 13.0. The van der Waals surface area contributed by atoms with Gasteiger partial charge < -0.3 is 15.2 Å². The average molecular weight is 246 g/mol. The van der Waals surface area contributed by atoms with E-state index in [0.717, 1.165) is 25.1 Å². The molecule has 1 atom stereocenters. The number of nitrogens with zero attached hydrogens (tertiary/aromatic N) is 1. The Labute approximate surface area is 107 Å². The summed E-state index contributed by atoms with van der Waals surface area (Å²) >= 11 is 0. The van der Waals surface area contributed by atoms with E-state index in [1.165, 1.54) is 20.0 Å². The standard InChI is InChI=1S/C14H18N2O2/c1-18-14-12(8-15)6-11(7-13(14)17)5-10-3-2-4-16-9-10/h6-7,10,16-17H,2-5,9H2,1H3. The third-order valence-corrected chi connectivity index (χ3v) is 3.38. The fourth-order valence-electron chi connectivity index (χ4n) is 2.52. The topological polar surface area (TPSA) is 65.3 Å². The summed E-state index contributed by atoms with van der Waals surface area (Å²) in [5.74, 6) is 0.899. The minimum absolute atomic E-state index is 0.0512. The van der Waals surface area contributed by atoms with E-state index in [0.29, 0.717) is 11.5 Å². The molecular weight excluding hydrogens is 228 g/mol. The summed E-state index contributed by atoms with van der Waals surface area (Å²) < 4.78 is 5.03. The third-order valence-electron chi connectivity index (χ3n) is 3.38. The first-order chi connectivity index (χ1) is 8.74. The lowest BCUT2D eigenvalue weighted by Gasteiger charge is -2.23. The number of phenolic OH excluding ortho intramolecular Hbond substituents is 1. The second kappa shape index (κ2) is 5.74. The highest BCUT2D eigenvalue weighted by atomic mass is 16.5. The summed E-state index contributed by atoms with van der Waals surface area (Å²) in [6.45, 7) is 2.10. The van der Waals surface area contributed by atoms with Crippen molar-refractivity contribution in [3.8, 4) is 17.6 Å². The molecule has 96 valence electrons. The smallest absolute Gasteiger partial charge is 0.178 e. The van der Waals surface area contributed by atoms with Crippen molar-refractivity contribution in [1.82, 2.24) is 5.32 Å². The predicted molar refractivity (Wildman–Crippen MR) is 68.7 cm³/mol. The van der Waals surface area contributed by atoms with E-state index in [1.807, 2.05) is 6.07 Å². The summed E-state index contributed by atoms with van der Waals surface area (Å²) in [7, 11) is 1.46. The van der Waals surface area contributed by atoms with Gasteiger partial charge in [-0.15, -0.1) is 0 Å². The van der Waals surface area contributed by atoms with Crippen LogP contribution >= 0.6 is 0 Å². The van der Waals surface area contributed by atoms with Gasteiger partial charge >= 0.3 is 0 Å². The molecule has 0 spiro atoms. The van der Waals surface area contributed by atoms with Gasteiger partial charge in [-0.2, -0.15) is 5.26 Å². The van der Waals surface area contributed by atoms with Crippen LogP contribution in [-0.2, 0) is 6.42 Å². The summed E-state index contributed by atoms with van der Waals surface area (Å²) in [6, 6.07) is 5.58. The minimum atomic E-state index is 0.0512. The quantitative estimate of drug-likeness (QED) is 0.853. The van der Waals surface area contributed by atoms with Crippen LogP contribution in [0.3, 0.4) is 0 Å². The number of rotatable bonds is 3. The van der Waals surface area contributed by atoms with Crippen molar-refractivity contribution < 1.29 is 9.84 Å². The Morgan fingerprint density at radius 3 is 3.00 bits per heavy atom. The molecule has 1 unspecified atom stereocenters. The van der Waals surface area contributed by atoms with Gasteiger partial charge in [0.2, 0.25) is 0 Å². The summed E-state index contributed by atoms with van der Waals surface area (Å²) in [5.41, 5.74) is 1.40. The summed E-state index contributed by atoms with van der Waals surface area (Å²) in [6.07, 6.45) is 3.28. The maximum absolute atomic E-state index is 9.84.